The number of carboxylic acids is 3. The number of hydrogen-bond donors (Lipinski definition) is 11. The molecule has 2 heterocycles. The Morgan fingerprint density at radius 1 is 0.616 bits per heavy atom. The van der Waals surface area contributed by atoms with E-state index in [1.54, 1.807) is 63.7 Å². The van der Waals surface area contributed by atoms with Crippen LogP contribution in [0.25, 0.3) is 0 Å². The van der Waals surface area contributed by atoms with E-state index in [4.69, 9.17) is 17.2 Å². The number of aliphatic imine (C=N–C) groups is 1. The summed E-state index contributed by atoms with van der Waals surface area (Å²) in [4.78, 5) is 181. The number of primary amides is 3. The number of nitrogens with two attached hydrogens (primary N) is 3. The Kier molecular flexibility index (Phi) is 38.6. The molecule has 548 valence electrons. The summed E-state index contributed by atoms with van der Waals surface area (Å²) in [6, 6.07) is 9.48. The van der Waals surface area contributed by atoms with Crippen molar-refractivity contribution < 1.29 is 77.6 Å². The molecule has 0 spiro atoms. The van der Waals surface area contributed by atoms with Crippen LogP contribution in [-0.2, 0) is 81.2 Å². The van der Waals surface area contributed by atoms with Crippen LogP contribution in [0.3, 0.4) is 0 Å². The fraction of sp³-hybridized carbons (Fsp3) is 0.600. The lowest BCUT2D eigenvalue weighted by Crippen LogP contribution is -2.58. The quantitative estimate of drug-likeness (QED) is 0.0291. The van der Waals surface area contributed by atoms with Crippen molar-refractivity contribution in [1.82, 2.24) is 56.0 Å². The van der Waals surface area contributed by atoms with Crippen molar-refractivity contribution in [1.29, 1.82) is 0 Å². The second kappa shape index (κ2) is 45.7. The van der Waals surface area contributed by atoms with Gasteiger partial charge in [-0.05, 0) is 54.4 Å². The van der Waals surface area contributed by atoms with Crippen LogP contribution in [0.15, 0.2) is 53.5 Å². The van der Waals surface area contributed by atoms with Crippen LogP contribution in [-0.4, -0.2) is 281 Å². The molecule has 2 aliphatic heterocycles. The zero-order chi connectivity index (χ0) is 72.8. The minimum atomic E-state index is -1.36. The van der Waals surface area contributed by atoms with Gasteiger partial charge in [0, 0.05) is 139 Å². The van der Waals surface area contributed by atoms with E-state index in [1.165, 1.54) is 46.6 Å². The first kappa shape index (κ1) is 83.5. The standard InChI is InChI=1S/C65H99N15O16S3/c1-4-6-17-70-65(96)71-34-48(64(95)75(3)36-56(84)80-19-10-13-52(80)63(94)72-49(5-2)61(92)73-50(14-15-53(66)81)62(93)74-51(60(68)91)33-44-11-8-7-9-12-44)43-99-42-47-31-45(40-97-28-16-54(67)82)30-46(32-47)41-98-29-18-69-55(83)35-76-20-22-77(37-57(85)86)24-26-79(39-59(89)90)27-25-78(23-21-76)38-58(87)88/h7-9,11-12,30-32,34,48-52H,4-6,10,13-29,33,35-43H2,1-3H3,(H2,66,81)(H2,67,82)(H2,68,91)(H,69,83)(H,70,96)(H,72,94)(H,73,92)(H,74,93)(H,85,86)(H,87,88)(H,89,90)/b71-34+/t48?,49-,50-,51-,52-/m0/s1. The average molecular weight is 1440 g/mol. The smallest absolute Gasteiger partial charge is 0.340 e. The van der Waals surface area contributed by atoms with E-state index in [1.807, 2.05) is 24.0 Å². The molecule has 31 nitrogen and oxygen atoms in total. The molecule has 4 rings (SSSR count). The fourth-order valence-corrected chi connectivity index (χ4v) is 13.5. The van der Waals surface area contributed by atoms with Gasteiger partial charge in [0.25, 0.3) is 0 Å². The average Bonchev–Trinajstić information content (AvgIpc) is 1.79. The SMILES string of the molecule is CCCCNC(=O)/N=C/C(CSCc1cc(CSCCNC(=O)CN2CCN(CC(=O)O)CCN(CC(=O)O)CCN(CC(=O)O)CC2)cc(CSCCC(N)=O)c1)C(=O)N(C)CC(=O)N1CCC[C@H]1C(=O)N[C@@H](CC)C(=O)N[C@@H](CCC(N)=O)C(=O)N[C@@H](Cc1ccccc1)C(N)=O. The maximum atomic E-state index is 14.4. The topological polar surface area (TPSA) is 453 Å². The summed E-state index contributed by atoms with van der Waals surface area (Å²) in [6.07, 6.45) is 3.21. The zero-order valence-electron chi connectivity index (χ0n) is 56.7. The number of carboxylic acid groups (broad SMARTS) is 3. The van der Waals surface area contributed by atoms with Crippen molar-refractivity contribution in [2.75, 3.05) is 129 Å². The first-order valence-electron chi connectivity index (χ1n) is 33.1. The lowest BCUT2D eigenvalue weighted by molar-refractivity contribution is -0.143. The second-order valence-corrected chi connectivity index (χ2v) is 27.5. The van der Waals surface area contributed by atoms with Crippen LogP contribution in [0.4, 0.5) is 4.79 Å². The number of nitrogens with zero attached hydrogens (tertiary/aromatic N) is 7. The molecule has 0 radical (unpaired) electrons. The second-order valence-electron chi connectivity index (χ2n) is 24.2. The van der Waals surface area contributed by atoms with Gasteiger partial charge in [0.1, 0.15) is 24.2 Å². The molecule has 0 saturated carbocycles. The van der Waals surface area contributed by atoms with Gasteiger partial charge in [-0.3, -0.25) is 77.1 Å². The minimum Gasteiger partial charge on any atom is -0.480 e. The molecule has 2 aromatic rings. The molecule has 0 aromatic heterocycles. The number of carbonyl (C=O) groups is 13. The van der Waals surface area contributed by atoms with Gasteiger partial charge >= 0.3 is 23.9 Å². The number of nitrogens with one attached hydrogen (secondary N) is 5. The van der Waals surface area contributed by atoms with Crippen molar-refractivity contribution in [2.24, 2.45) is 28.1 Å². The maximum Gasteiger partial charge on any atom is 0.340 e. The lowest BCUT2D eigenvalue weighted by Gasteiger charge is -2.32. The molecule has 99 heavy (non-hydrogen) atoms. The van der Waals surface area contributed by atoms with Gasteiger partial charge in [-0.2, -0.15) is 35.3 Å². The van der Waals surface area contributed by atoms with E-state index >= 15 is 0 Å². The first-order chi connectivity index (χ1) is 47.2. The number of hydrogen-bond acceptors (Lipinski definition) is 20. The molecular formula is C65H99N15O16S3. The first-order valence-corrected chi connectivity index (χ1v) is 36.5. The third-order valence-corrected chi connectivity index (χ3v) is 19.3. The molecule has 1 unspecified atom stereocenters. The highest BCUT2D eigenvalue weighted by atomic mass is 32.2. The molecule has 2 aromatic carbocycles. The Labute approximate surface area is 590 Å². The summed E-state index contributed by atoms with van der Waals surface area (Å²) in [5, 5.41) is 42.2. The summed E-state index contributed by atoms with van der Waals surface area (Å²) >= 11 is 4.51. The van der Waals surface area contributed by atoms with E-state index in [0.717, 1.165) is 23.1 Å². The number of carbonyl (C=O) groups excluding carboxylic acids is 10. The number of rotatable bonds is 42. The molecule has 5 atom stereocenters. The molecule has 14 N–H and O–H groups in total. The number of likely N-dealkylation sites (tertiary alicyclic amines) is 1. The molecule has 0 bridgehead atoms. The Morgan fingerprint density at radius 3 is 1.65 bits per heavy atom. The number of unbranched alkanes of at least 4 members (excludes halogenated alkanes) is 1. The highest BCUT2D eigenvalue weighted by molar-refractivity contribution is 7.99. The maximum absolute atomic E-state index is 14.4. The molecule has 2 fully saturated rings. The Morgan fingerprint density at radius 2 is 1.13 bits per heavy atom. The summed E-state index contributed by atoms with van der Waals surface area (Å²) < 4.78 is 0. The van der Waals surface area contributed by atoms with Crippen molar-refractivity contribution in [2.45, 2.75) is 113 Å². The summed E-state index contributed by atoms with van der Waals surface area (Å²) in [5.41, 5.74) is 20.0. The predicted octanol–water partition coefficient (Wildman–Crippen LogP) is -0.643. The predicted molar refractivity (Wildman–Crippen MR) is 377 cm³/mol. The number of urea groups is 1. The highest BCUT2D eigenvalue weighted by Crippen LogP contribution is 2.25. The van der Waals surface area contributed by atoms with Crippen LogP contribution >= 0.6 is 35.3 Å². The zero-order valence-corrected chi connectivity index (χ0v) is 59.2. The Hall–Kier alpha value is -7.89. The molecule has 34 heteroatoms. The summed E-state index contributed by atoms with van der Waals surface area (Å²) in [7, 11) is 1.43. The monoisotopic (exact) mass is 1440 g/mol. The number of likely N-dealkylation sites (N-methyl/N-ethyl adjacent to an activating group) is 1. The van der Waals surface area contributed by atoms with Gasteiger partial charge in [0.2, 0.25) is 53.2 Å². The highest BCUT2D eigenvalue weighted by Gasteiger charge is 2.38. The van der Waals surface area contributed by atoms with Gasteiger partial charge in [0.15, 0.2) is 0 Å². The summed E-state index contributed by atoms with van der Waals surface area (Å²) in [5.74, 6) is -7.09. The molecule has 11 amide bonds. The van der Waals surface area contributed by atoms with Crippen molar-refractivity contribution in [3.8, 4) is 0 Å². The lowest BCUT2D eigenvalue weighted by atomic mass is 10.0. The van der Waals surface area contributed by atoms with Crippen LogP contribution in [0.1, 0.15) is 87.5 Å². The van der Waals surface area contributed by atoms with Crippen molar-refractivity contribution >= 4 is 119 Å². The fourth-order valence-electron chi connectivity index (χ4n) is 10.8. The van der Waals surface area contributed by atoms with Crippen LogP contribution in [0, 0.1) is 5.92 Å². The Bertz CT molecular complexity index is 3030. The van der Waals surface area contributed by atoms with Gasteiger partial charge in [-0.15, -0.1) is 0 Å². The molecular weight excluding hydrogens is 1340 g/mol. The van der Waals surface area contributed by atoms with Gasteiger partial charge in [-0.25, -0.2) is 9.79 Å². The number of thioether (sulfide) groups is 3. The number of amides is 11. The van der Waals surface area contributed by atoms with Crippen LogP contribution in [0.2, 0.25) is 0 Å². The number of benzene rings is 2. The molecule has 2 aliphatic rings. The van der Waals surface area contributed by atoms with E-state index in [-0.39, 0.29) is 122 Å². The van der Waals surface area contributed by atoms with Crippen molar-refractivity contribution in [3.05, 3.63) is 70.8 Å². The van der Waals surface area contributed by atoms with E-state index in [9.17, 15) is 77.6 Å². The Balaban J connectivity index is 1.41. The molecule has 0 aliphatic carbocycles. The van der Waals surface area contributed by atoms with E-state index in [0.29, 0.717) is 73.3 Å². The van der Waals surface area contributed by atoms with Gasteiger partial charge in [-0.1, -0.05) is 68.8 Å². The van der Waals surface area contributed by atoms with E-state index in [2.05, 4.69) is 37.6 Å². The molecule has 2 saturated heterocycles. The van der Waals surface area contributed by atoms with Crippen LogP contribution < -0.4 is 43.8 Å². The van der Waals surface area contributed by atoms with Crippen molar-refractivity contribution in [3.63, 3.8) is 0 Å². The third-order valence-electron chi connectivity index (χ3n) is 16.1. The summed E-state index contributed by atoms with van der Waals surface area (Å²) in [6.45, 7) is 5.18. The normalized spacial score (nSPS) is 16.4. The van der Waals surface area contributed by atoms with Gasteiger partial charge < -0.3 is 68.9 Å². The van der Waals surface area contributed by atoms with Crippen LogP contribution in [0.5, 0.6) is 0 Å². The van der Waals surface area contributed by atoms with Gasteiger partial charge in [0.05, 0.1) is 38.6 Å². The van der Waals surface area contributed by atoms with E-state index < -0.39 is 108 Å². The number of aliphatic carboxylic acids is 3. The largest absolute Gasteiger partial charge is 0.480 e. The third kappa shape index (κ3) is 33.7. The minimum absolute atomic E-state index is 0.0333.